The van der Waals surface area contributed by atoms with E-state index in [0.29, 0.717) is 29.6 Å². The molecule has 0 N–H and O–H groups in total. The highest BCUT2D eigenvalue weighted by Gasteiger charge is 2.26. The van der Waals surface area contributed by atoms with E-state index in [9.17, 15) is 9.18 Å². The van der Waals surface area contributed by atoms with Crippen molar-refractivity contribution in [3.63, 3.8) is 0 Å². The van der Waals surface area contributed by atoms with Gasteiger partial charge in [0.2, 0.25) is 11.7 Å². The van der Waals surface area contributed by atoms with Crippen molar-refractivity contribution < 1.29 is 23.2 Å². The third-order valence-corrected chi connectivity index (χ3v) is 5.33. The Labute approximate surface area is 179 Å². The minimum absolute atomic E-state index is 0.151. The van der Waals surface area contributed by atoms with E-state index in [-0.39, 0.29) is 17.7 Å². The number of hydrogen-bond acceptors (Lipinski definition) is 7. The summed E-state index contributed by atoms with van der Waals surface area (Å²) in [6.45, 7) is 3.03. The van der Waals surface area contributed by atoms with Gasteiger partial charge in [0.1, 0.15) is 18.2 Å². The Morgan fingerprint density at radius 3 is 2.90 bits per heavy atom. The summed E-state index contributed by atoms with van der Waals surface area (Å²) in [6, 6.07) is 13.0. The summed E-state index contributed by atoms with van der Waals surface area (Å²) < 4.78 is 29.2. The lowest BCUT2D eigenvalue weighted by Gasteiger charge is -2.30. The monoisotopic (exact) mass is 425 g/mol. The lowest BCUT2D eigenvalue weighted by atomic mass is 9.98. The first-order chi connectivity index (χ1) is 15.1. The third-order valence-electron chi connectivity index (χ3n) is 5.33. The maximum absolute atomic E-state index is 13.1. The van der Waals surface area contributed by atoms with E-state index in [1.54, 1.807) is 30.3 Å². The van der Waals surface area contributed by atoms with Crippen molar-refractivity contribution in [1.29, 1.82) is 0 Å². The van der Waals surface area contributed by atoms with Crippen LogP contribution in [0.3, 0.4) is 0 Å². The summed E-state index contributed by atoms with van der Waals surface area (Å²) in [5, 5.41) is 4.06. The van der Waals surface area contributed by atoms with E-state index in [2.05, 4.69) is 15.0 Å². The molecule has 1 aliphatic rings. The van der Waals surface area contributed by atoms with Crippen molar-refractivity contribution in [2.75, 3.05) is 33.4 Å². The fourth-order valence-electron chi connectivity index (χ4n) is 3.70. The third kappa shape index (κ3) is 5.27. The molecule has 1 aliphatic heterocycles. The van der Waals surface area contributed by atoms with Gasteiger partial charge in [-0.25, -0.2) is 9.18 Å². The first kappa shape index (κ1) is 21.0. The summed E-state index contributed by atoms with van der Waals surface area (Å²) in [7, 11) is 1.36. The van der Waals surface area contributed by atoms with Gasteiger partial charge in [-0.1, -0.05) is 11.2 Å². The van der Waals surface area contributed by atoms with Crippen LogP contribution in [0.4, 0.5) is 4.39 Å². The van der Waals surface area contributed by atoms with E-state index >= 15 is 0 Å². The summed E-state index contributed by atoms with van der Waals surface area (Å²) in [5.74, 6) is 1.19. The highest BCUT2D eigenvalue weighted by atomic mass is 19.1. The lowest BCUT2D eigenvalue weighted by molar-refractivity contribution is 0.0600. The van der Waals surface area contributed by atoms with Gasteiger partial charge in [0.05, 0.1) is 18.6 Å². The summed E-state index contributed by atoms with van der Waals surface area (Å²) >= 11 is 0. The number of halogens is 1. The molecule has 0 radical (unpaired) electrons. The zero-order chi connectivity index (χ0) is 21.6. The molecule has 2 heterocycles. The largest absolute Gasteiger partial charge is 0.492 e. The summed E-state index contributed by atoms with van der Waals surface area (Å²) in [6.07, 6.45) is 2.00. The second-order valence-electron chi connectivity index (χ2n) is 7.47. The predicted molar refractivity (Wildman–Crippen MR) is 111 cm³/mol. The Hall–Kier alpha value is -3.26. The maximum Gasteiger partial charge on any atom is 0.337 e. The smallest absolute Gasteiger partial charge is 0.337 e. The fourth-order valence-corrected chi connectivity index (χ4v) is 3.70. The standard InChI is InChI=1S/C23H24FN3O4/c1-29-23(28)17-4-2-6-20(14-17)30-13-12-27-11-3-5-18(15-27)22-25-21(26-31-22)16-7-9-19(24)10-8-16/h2,4,6-10,14,18H,3,5,11-13,15H2,1H3. The number of likely N-dealkylation sites (tertiary alicyclic amines) is 1. The average Bonchev–Trinajstić information content (AvgIpc) is 3.30. The van der Waals surface area contributed by atoms with E-state index in [4.69, 9.17) is 14.0 Å². The van der Waals surface area contributed by atoms with E-state index < -0.39 is 0 Å². The fraction of sp³-hybridized carbons (Fsp3) is 0.348. The van der Waals surface area contributed by atoms with Crippen molar-refractivity contribution in [2.24, 2.45) is 0 Å². The number of rotatable bonds is 7. The topological polar surface area (TPSA) is 77.7 Å². The minimum Gasteiger partial charge on any atom is -0.492 e. The number of carbonyl (C=O) groups is 1. The Morgan fingerprint density at radius 2 is 2.10 bits per heavy atom. The first-order valence-electron chi connectivity index (χ1n) is 10.3. The van der Waals surface area contributed by atoms with Gasteiger partial charge in [-0.05, 0) is 61.9 Å². The number of benzene rings is 2. The SMILES string of the molecule is COC(=O)c1cccc(OCCN2CCCC(c3nc(-c4ccc(F)cc4)no3)C2)c1. The number of carbonyl (C=O) groups excluding carboxylic acids is 1. The quantitative estimate of drug-likeness (QED) is 0.531. The molecule has 162 valence electrons. The minimum atomic E-state index is -0.385. The van der Waals surface area contributed by atoms with Gasteiger partial charge >= 0.3 is 5.97 Å². The molecule has 8 heteroatoms. The van der Waals surface area contributed by atoms with Crippen LogP contribution in [0.15, 0.2) is 53.1 Å². The first-order valence-corrected chi connectivity index (χ1v) is 10.3. The van der Waals surface area contributed by atoms with Crippen LogP contribution in [0.1, 0.15) is 35.0 Å². The Balaban J connectivity index is 1.31. The molecule has 7 nitrogen and oxygen atoms in total. The van der Waals surface area contributed by atoms with Gasteiger partial charge in [0, 0.05) is 18.7 Å². The van der Waals surface area contributed by atoms with Crippen LogP contribution in [0, 0.1) is 5.82 Å². The number of nitrogens with zero attached hydrogens (tertiary/aromatic N) is 3. The summed E-state index contributed by atoms with van der Waals surface area (Å²) in [5.41, 5.74) is 1.19. The van der Waals surface area contributed by atoms with Crippen LogP contribution in [0.5, 0.6) is 5.75 Å². The molecule has 0 amide bonds. The lowest BCUT2D eigenvalue weighted by Crippen LogP contribution is -2.37. The van der Waals surface area contributed by atoms with Crippen LogP contribution >= 0.6 is 0 Å². The molecule has 1 fully saturated rings. The molecule has 0 bridgehead atoms. The maximum atomic E-state index is 13.1. The number of esters is 1. The number of methoxy groups -OCH3 is 1. The van der Waals surface area contributed by atoms with Crippen LogP contribution in [-0.2, 0) is 4.74 Å². The highest BCUT2D eigenvalue weighted by Crippen LogP contribution is 2.27. The van der Waals surface area contributed by atoms with Crippen LogP contribution in [0.25, 0.3) is 11.4 Å². The second-order valence-corrected chi connectivity index (χ2v) is 7.47. The van der Waals surface area contributed by atoms with E-state index in [0.717, 1.165) is 38.0 Å². The molecule has 0 spiro atoms. The highest BCUT2D eigenvalue weighted by molar-refractivity contribution is 5.89. The van der Waals surface area contributed by atoms with Crippen LogP contribution < -0.4 is 4.74 Å². The molecular formula is C23H24FN3O4. The van der Waals surface area contributed by atoms with Crippen molar-refractivity contribution in [1.82, 2.24) is 15.0 Å². The van der Waals surface area contributed by atoms with Crippen molar-refractivity contribution in [2.45, 2.75) is 18.8 Å². The van der Waals surface area contributed by atoms with Crippen molar-refractivity contribution in [3.8, 4) is 17.1 Å². The van der Waals surface area contributed by atoms with Gasteiger partial charge < -0.3 is 14.0 Å². The second kappa shape index (κ2) is 9.70. The predicted octanol–water partition coefficient (Wildman–Crippen LogP) is 3.92. The van der Waals surface area contributed by atoms with Crippen molar-refractivity contribution in [3.05, 3.63) is 65.8 Å². The molecule has 1 unspecified atom stereocenters. The molecule has 4 rings (SSSR count). The van der Waals surface area contributed by atoms with E-state index in [1.807, 2.05) is 6.07 Å². The molecular weight excluding hydrogens is 401 g/mol. The van der Waals surface area contributed by atoms with Gasteiger partial charge in [0.15, 0.2) is 0 Å². The van der Waals surface area contributed by atoms with Crippen molar-refractivity contribution >= 4 is 5.97 Å². The summed E-state index contributed by atoms with van der Waals surface area (Å²) in [4.78, 5) is 18.5. The normalized spacial score (nSPS) is 16.8. The van der Waals surface area contributed by atoms with Crippen LogP contribution in [0.2, 0.25) is 0 Å². The molecule has 0 saturated carbocycles. The molecule has 0 aliphatic carbocycles. The zero-order valence-electron chi connectivity index (χ0n) is 17.3. The Morgan fingerprint density at radius 1 is 1.26 bits per heavy atom. The number of hydrogen-bond donors (Lipinski definition) is 0. The number of ether oxygens (including phenoxy) is 2. The molecule has 2 aromatic carbocycles. The van der Waals surface area contributed by atoms with Gasteiger partial charge in [-0.15, -0.1) is 0 Å². The molecule has 1 atom stereocenters. The van der Waals surface area contributed by atoms with E-state index in [1.165, 1.54) is 19.2 Å². The molecule has 3 aromatic rings. The van der Waals surface area contributed by atoms with Gasteiger partial charge in [-0.2, -0.15) is 4.98 Å². The number of piperidine rings is 1. The van der Waals surface area contributed by atoms with Gasteiger partial charge in [0.25, 0.3) is 0 Å². The van der Waals surface area contributed by atoms with Crippen LogP contribution in [-0.4, -0.2) is 54.4 Å². The zero-order valence-corrected chi connectivity index (χ0v) is 17.3. The molecule has 31 heavy (non-hydrogen) atoms. The Kier molecular flexibility index (Phi) is 6.57. The molecule has 1 aromatic heterocycles. The number of aromatic nitrogens is 2. The van der Waals surface area contributed by atoms with Gasteiger partial charge in [-0.3, -0.25) is 4.90 Å². The average molecular weight is 425 g/mol. The Bertz CT molecular complexity index is 1020. The molecule has 1 saturated heterocycles.